The summed E-state index contributed by atoms with van der Waals surface area (Å²) >= 11 is 7.38. The summed E-state index contributed by atoms with van der Waals surface area (Å²) in [6, 6.07) is 1.73. The first kappa shape index (κ1) is 15.5. The number of aromatic nitrogens is 2. The van der Waals surface area contributed by atoms with Gasteiger partial charge in [-0.25, -0.2) is 9.97 Å². The molecule has 1 heterocycles. The van der Waals surface area contributed by atoms with Gasteiger partial charge in [-0.2, -0.15) is 0 Å². The summed E-state index contributed by atoms with van der Waals surface area (Å²) in [4.78, 5) is 10.6. The molecule has 1 rings (SSSR count). The Morgan fingerprint density at radius 2 is 2.22 bits per heavy atom. The molecule has 0 radical (unpaired) electrons. The van der Waals surface area contributed by atoms with Crippen LogP contribution in [-0.4, -0.2) is 61.5 Å². The van der Waals surface area contributed by atoms with Gasteiger partial charge in [-0.1, -0.05) is 23.4 Å². The second-order valence-corrected chi connectivity index (χ2v) is 4.95. The molecule has 7 heteroatoms. The predicted octanol–water partition coefficient (Wildman–Crippen LogP) is 1.84. The van der Waals surface area contributed by atoms with Crippen molar-refractivity contribution in [3.8, 4) is 0 Å². The maximum atomic E-state index is 5.91. The number of nitrogens with one attached hydrogen (secondary N) is 1. The Kier molecular flexibility index (Phi) is 7.34. The monoisotopic (exact) mass is 290 g/mol. The molecule has 1 aromatic heterocycles. The molecule has 0 bridgehead atoms. The molecular formula is C11H19ClN4OS. The third-order valence-electron chi connectivity index (χ3n) is 2.33. The zero-order valence-corrected chi connectivity index (χ0v) is 12.5. The first-order chi connectivity index (χ1) is 8.65. The zero-order chi connectivity index (χ0) is 13.4. The van der Waals surface area contributed by atoms with E-state index in [1.807, 2.05) is 6.26 Å². The van der Waals surface area contributed by atoms with Crippen molar-refractivity contribution in [2.45, 2.75) is 5.16 Å². The van der Waals surface area contributed by atoms with E-state index in [-0.39, 0.29) is 0 Å². The number of anilines is 1. The number of likely N-dealkylation sites (N-methyl/N-ethyl adjacent to an activating group) is 1. The second kappa shape index (κ2) is 8.53. The number of nitrogens with zero attached hydrogens (tertiary/aromatic N) is 3. The van der Waals surface area contributed by atoms with Crippen LogP contribution in [0.1, 0.15) is 0 Å². The number of hydrogen-bond donors (Lipinski definition) is 1. The van der Waals surface area contributed by atoms with E-state index in [0.717, 1.165) is 32.1 Å². The molecule has 102 valence electrons. The van der Waals surface area contributed by atoms with Crippen molar-refractivity contribution in [1.82, 2.24) is 14.9 Å². The lowest BCUT2D eigenvalue weighted by atomic mass is 10.5. The van der Waals surface area contributed by atoms with Gasteiger partial charge in [0.2, 0.25) is 0 Å². The summed E-state index contributed by atoms with van der Waals surface area (Å²) in [6.45, 7) is 3.38. The Morgan fingerprint density at radius 3 is 2.89 bits per heavy atom. The van der Waals surface area contributed by atoms with Gasteiger partial charge in [-0.3, -0.25) is 0 Å². The smallest absolute Gasteiger partial charge is 0.190 e. The van der Waals surface area contributed by atoms with Gasteiger partial charge in [-0.05, 0) is 13.3 Å². The minimum atomic E-state index is 0.463. The lowest BCUT2D eigenvalue weighted by Crippen LogP contribution is -2.28. The van der Waals surface area contributed by atoms with Gasteiger partial charge in [0.1, 0.15) is 11.0 Å². The summed E-state index contributed by atoms with van der Waals surface area (Å²) in [5, 5.41) is 4.38. The molecule has 5 nitrogen and oxygen atoms in total. The van der Waals surface area contributed by atoms with Crippen LogP contribution in [0.3, 0.4) is 0 Å². The third kappa shape index (κ3) is 5.86. The van der Waals surface area contributed by atoms with Crippen LogP contribution in [0.15, 0.2) is 11.2 Å². The van der Waals surface area contributed by atoms with Crippen LogP contribution in [0.5, 0.6) is 0 Å². The summed E-state index contributed by atoms with van der Waals surface area (Å²) < 4.78 is 5.02. The molecule has 0 saturated carbocycles. The summed E-state index contributed by atoms with van der Waals surface area (Å²) in [5.74, 6) is 0.763. The minimum Gasteiger partial charge on any atom is -0.383 e. The molecule has 0 atom stereocenters. The van der Waals surface area contributed by atoms with Crippen molar-refractivity contribution in [1.29, 1.82) is 0 Å². The highest BCUT2D eigenvalue weighted by molar-refractivity contribution is 7.98. The zero-order valence-electron chi connectivity index (χ0n) is 10.9. The summed E-state index contributed by atoms with van der Waals surface area (Å²) in [5.41, 5.74) is 0. The first-order valence-corrected chi connectivity index (χ1v) is 7.26. The fourth-order valence-electron chi connectivity index (χ4n) is 1.31. The second-order valence-electron chi connectivity index (χ2n) is 3.79. The van der Waals surface area contributed by atoms with Crippen LogP contribution in [-0.2, 0) is 4.74 Å². The number of rotatable bonds is 8. The molecule has 0 spiro atoms. The van der Waals surface area contributed by atoms with Crippen LogP contribution in [0.4, 0.5) is 5.82 Å². The Morgan fingerprint density at radius 1 is 1.44 bits per heavy atom. The van der Waals surface area contributed by atoms with E-state index in [1.54, 1.807) is 13.2 Å². The van der Waals surface area contributed by atoms with Gasteiger partial charge < -0.3 is 15.0 Å². The van der Waals surface area contributed by atoms with Gasteiger partial charge in [0.05, 0.1) is 6.61 Å². The maximum absolute atomic E-state index is 5.91. The fraction of sp³-hybridized carbons (Fsp3) is 0.636. The quantitative estimate of drug-likeness (QED) is 0.448. The molecule has 0 amide bonds. The van der Waals surface area contributed by atoms with E-state index >= 15 is 0 Å². The molecular weight excluding hydrogens is 272 g/mol. The third-order valence-corrected chi connectivity index (χ3v) is 3.08. The van der Waals surface area contributed by atoms with Crippen LogP contribution in [0.25, 0.3) is 0 Å². The molecule has 0 aliphatic rings. The van der Waals surface area contributed by atoms with Crippen LogP contribution >= 0.6 is 23.4 Å². The average molecular weight is 291 g/mol. The Balaban J connectivity index is 2.36. The molecule has 0 aliphatic carbocycles. The maximum Gasteiger partial charge on any atom is 0.190 e. The van der Waals surface area contributed by atoms with Crippen LogP contribution in [0.2, 0.25) is 5.15 Å². The summed E-state index contributed by atoms with van der Waals surface area (Å²) in [7, 11) is 3.76. The van der Waals surface area contributed by atoms with Crippen molar-refractivity contribution in [2.24, 2.45) is 0 Å². The molecule has 0 saturated heterocycles. The molecule has 0 aliphatic heterocycles. The molecule has 1 N–H and O–H groups in total. The highest BCUT2D eigenvalue weighted by atomic mass is 35.5. The Bertz CT molecular complexity index is 367. The van der Waals surface area contributed by atoms with Crippen molar-refractivity contribution in [2.75, 3.05) is 52.0 Å². The van der Waals surface area contributed by atoms with Crippen molar-refractivity contribution in [3.63, 3.8) is 0 Å². The standard InChI is InChI=1S/C11H19ClN4OS/c1-16(6-7-17-2)5-4-13-10-8-9(12)14-11(15-10)18-3/h8H,4-7H2,1-3H3,(H,13,14,15). The minimum absolute atomic E-state index is 0.463. The van der Waals surface area contributed by atoms with Crippen molar-refractivity contribution < 1.29 is 4.74 Å². The predicted molar refractivity (Wildman–Crippen MR) is 76.7 cm³/mol. The first-order valence-electron chi connectivity index (χ1n) is 5.65. The highest BCUT2D eigenvalue weighted by Gasteiger charge is 2.02. The fourth-order valence-corrected chi connectivity index (χ4v) is 1.93. The van der Waals surface area contributed by atoms with E-state index in [4.69, 9.17) is 16.3 Å². The Labute approximate surface area is 117 Å². The molecule has 1 aromatic rings. The lowest BCUT2D eigenvalue weighted by Gasteiger charge is -2.16. The Hall–Kier alpha value is -0.560. The van der Waals surface area contributed by atoms with E-state index in [2.05, 4.69) is 27.2 Å². The topological polar surface area (TPSA) is 50.3 Å². The molecule has 0 aromatic carbocycles. The van der Waals surface area contributed by atoms with E-state index in [9.17, 15) is 0 Å². The van der Waals surface area contributed by atoms with Crippen molar-refractivity contribution >= 4 is 29.2 Å². The molecule has 0 fully saturated rings. The van der Waals surface area contributed by atoms with Gasteiger partial charge in [-0.15, -0.1) is 0 Å². The SMILES string of the molecule is COCCN(C)CCNc1cc(Cl)nc(SC)n1. The number of hydrogen-bond acceptors (Lipinski definition) is 6. The lowest BCUT2D eigenvalue weighted by molar-refractivity contribution is 0.163. The highest BCUT2D eigenvalue weighted by Crippen LogP contribution is 2.16. The number of methoxy groups -OCH3 is 1. The van der Waals surface area contributed by atoms with Gasteiger partial charge in [0, 0.05) is 32.8 Å². The van der Waals surface area contributed by atoms with E-state index in [0.29, 0.717) is 10.3 Å². The van der Waals surface area contributed by atoms with Crippen LogP contribution < -0.4 is 5.32 Å². The largest absolute Gasteiger partial charge is 0.383 e. The number of thioether (sulfide) groups is 1. The van der Waals surface area contributed by atoms with Crippen LogP contribution in [0, 0.1) is 0 Å². The van der Waals surface area contributed by atoms with Gasteiger partial charge in [0.25, 0.3) is 0 Å². The van der Waals surface area contributed by atoms with E-state index in [1.165, 1.54) is 11.8 Å². The molecule has 18 heavy (non-hydrogen) atoms. The average Bonchev–Trinajstić information content (AvgIpc) is 2.35. The molecule has 0 unspecified atom stereocenters. The van der Waals surface area contributed by atoms with E-state index < -0.39 is 0 Å². The van der Waals surface area contributed by atoms with Gasteiger partial charge in [0.15, 0.2) is 5.16 Å². The number of halogens is 1. The van der Waals surface area contributed by atoms with Gasteiger partial charge >= 0.3 is 0 Å². The van der Waals surface area contributed by atoms with Crippen molar-refractivity contribution in [3.05, 3.63) is 11.2 Å². The number of ether oxygens (including phenoxy) is 1. The summed E-state index contributed by atoms with van der Waals surface area (Å²) in [6.07, 6.45) is 1.92. The normalized spacial score (nSPS) is 10.9.